The monoisotopic (exact) mass is 558 g/mol. The van der Waals surface area contributed by atoms with Gasteiger partial charge >= 0.3 is 6.18 Å². The van der Waals surface area contributed by atoms with Crippen LogP contribution in [0.1, 0.15) is 36.7 Å². The van der Waals surface area contributed by atoms with Crippen LogP contribution >= 0.6 is 23.2 Å². The van der Waals surface area contributed by atoms with Gasteiger partial charge in [0.25, 0.3) is 5.56 Å². The maximum atomic E-state index is 14.7. The summed E-state index contributed by atoms with van der Waals surface area (Å²) in [6, 6.07) is 5.23. The minimum absolute atomic E-state index is 0.0103. The van der Waals surface area contributed by atoms with Crippen LogP contribution in [-0.2, 0) is 17.8 Å². The fourth-order valence-electron chi connectivity index (χ4n) is 4.47. The highest BCUT2D eigenvalue weighted by molar-refractivity contribution is 6.35. The number of halogens is 6. The van der Waals surface area contributed by atoms with E-state index in [1.807, 2.05) is 13.0 Å². The molecule has 0 spiro atoms. The number of benzene rings is 2. The van der Waals surface area contributed by atoms with Crippen LogP contribution < -0.4 is 16.2 Å². The minimum atomic E-state index is -4.43. The van der Waals surface area contributed by atoms with E-state index < -0.39 is 23.6 Å². The van der Waals surface area contributed by atoms with Crippen LogP contribution in [0.2, 0.25) is 10.0 Å². The van der Waals surface area contributed by atoms with Crippen molar-refractivity contribution in [2.24, 2.45) is 0 Å². The van der Waals surface area contributed by atoms with Gasteiger partial charge < -0.3 is 20.5 Å². The Morgan fingerprint density at radius 3 is 2.65 bits per heavy atom. The number of hydrogen-bond acceptors (Lipinski definition) is 4. The number of anilines is 1. The summed E-state index contributed by atoms with van der Waals surface area (Å²) in [5.74, 6) is -1.02. The number of hydrogen-bond donors (Lipinski definition) is 3. The zero-order chi connectivity index (χ0) is 27.1. The standard InChI is InChI=1S/C25H24Cl2F4N4O2/c1-12-23-14(5-16(26)8-19(23)27)3-4-35(12)22(36)11-33-21-7-15-6-17(10-32-13(2)25(29,30)31)34-24(37)18(15)9-20(21)28/h5-9,12-13,32-33H,3-4,10-11H2,1-2H3,(H,34,37)/t12-,13-/m0/s1. The average molecular weight is 559 g/mol. The van der Waals surface area contributed by atoms with Gasteiger partial charge in [-0.15, -0.1) is 0 Å². The SMILES string of the molecule is C[C@H](NCc1cc2cc(NCC(=O)N3CCc4cc(Cl)cc(Cl)c4[C@@H]3C)c(F)cc2c(=O)[nH]1)C(F)(F)F. The topological polar surface area (TPSA) is 77.2 Å². The van der Waals surface area contributed by atoms with E-state index in [1.54, 1.807) is 11.0 Å². The molecular formula is C25H24Cl2F4N4O2. The molecule has 2 atom stereocenters. The molecule has 2 aromatic carbocycles. The first-order valence-corrected chi connectivity index (χ1v) is 12.3. The van der Waals surface area contributed by atoms with Crippen molar-refractivity contribution in [1.29, 1.82) is 0 Å². The fourth-order valence-corrected chi connectivity index (χ4v) is 5.16. The lowest BCUT2D eigenvalue weighted by Crippen LogP contribution is -2.42. The van der Waals surface area contributed by atoms with Gasteiger partial charge in [0.2, 0.25) is 5.91 Å². The number of nitrogens with one attached hydrogen (secondary N) is 3. The highest BCUT2D eigenvalue weighted by Gasteiger charge is 2.35. The molecule has 0 unspecified atom stereocenters. The molecular weight excluding hydrogens is 535 g/mol. The number of fused-ring (bicyclic) bond motifs is 2. The van der Waals surface area contributed by atoms with Crippen molar-refractivity contribution >= 4 is 45.6 Å². The Morgan fingerprint density at radius 1 is 1.22 bits per heavy atom. The highest BCUT2D eigenvalue weighted by Crippen LogP contribution is 2.37. The molecule has 1 aromatic heterocycles. The van der Waals surface area contributed by atoms with Gasteiger partial charge in [0.15, 0.2) is 0 Å². The predicted octanol–water partition coefficient (Wildman–Crippen LogP) is 5.57. The zero-order valence-electron chi connectivity index (χ0n) is 19.9. The third-order valence-electron chi connectivity index (χ3n) is 6.52. The Bertz CT molecular complexity index is 1410. The molecule has 4 rings (SSSR count). The normalized spacial score (nSPS) is 16.5. The van der Waals surface area contributed by atoms with Gasteiger partial charge in [0.05, 0.1) is 23.7 Å². The lowest BCUT2D eigenvalue weighted by molar-refractivity contribution is -0.151. The molecule has 0 saturated carbocycles. The van der Waals surface area contributed by atoms with Crippen molar-refractivity contribution in [3.05, 3.63) is 73.4 Å². The number of carbonyl (C=O) groups is 1. The molecule has 0 fully saturated rings. The van der Waals surface area contributed by atoms with E-state index in [1.165, 1.54) is 12.1 Å². The molecule has 6 nitrogen and oxygen atoms in total. The maximum Gasteiger partial charge on any atom is 0.403 e. The zero-order valence-corrected chi connectivity index (χ0v) is 21.4. The summed E-state index contributed by atoms with van der Waals surface area (Å²) in [6.07, 6.45) is -3.86. The molecule has 2 heterocycles. The van der Waals surface area contributed by atoms with E-state index in [0.29, 0.717) is 28.4 Å². The van der Waals surface area contributed by atoms with Crippen LogP contribution in [0.25, 0.3) is 10.8 Å². The summed E-state index contributed by atoms with van der Waals surface area (Å²) >= 11 is 12.5. The number of rotatable bonds is 6. The molecule has 3 N–H and O–H groups in total. The molecule has 1 amide bonds. The molecule has 1 aliphatic heterocycles. The Hall–Kier alpha value is -2.82. The van der Waals surface area contributed by atoms with Gasteiger partial charge in [-0.3, -0.25) is 9.59 Å². The van der Waals surface area contributed by atoms with Gasteiger partial charge in [-0.25, -0.2) is 4.39 Å². The molecule has 0 bridgehead atoms. The number of pyridine rings is 1. The maximum absolute atomic E-state index is 14.7. The smallest absolute Gasteiger partial charge is 0.374 e. The van der Waals surface area contributed by atoms with E-state index in [4.69, 9.17) is 23.2 Å². The summed E-state index contributed by atoms with van der Waals surface area (Å²) in [5.41, 5.74) is 1.36. The van der Waals surface area contributed by atoms with E-state index in [-0.39, 0.29) is 41.8 Å². The second-order valence-corrected chi connectivity index (χ2v) is 9.86. The second kappa shape index (κ2) is 10.5. The van der Waals surface area contributed by atoms with Crippen LogP contribution in [0.3, 0.4) is 0 Å². The van der Waals surface area contributed by atoms with Crippen molar-refractivity contribution in [3.63, 3.8) is 0 Å². The number of nitrogens with zero attached hydrogens (tertiary/aromatic N) is 1. The van der Waals surface area contributed by atoms with Crippen LogP contribution in [0.5, 0.6) is 0 Å². The highest BCUT2D eigenvalue weighted by atomic mass is 35.5. The minimum Gasteiger partial charge on any atom is -0.374 e. The van der Waals surface area contributed by atoms with Gasteiger partial charge in [0, 0.05) is 28.8 Å². The van der Waals surface area contributed by atoms with Crippen molar-refractivity contribution < 1.29 is 22.4 Å². The molecule has 0 aliphatic carbocycles. The van der Waals surface area contributed by atoms with Gasteiger partial charge in [0.1, 0.15) is 11.9 Å². The summed E-state index contributed by atoms with van der Waals surface area (Å²) in [6.45, 7) is 2.81. The van der Waals surface area contributed by atoms with E-state index in [2.05, 4.69) is 15.6 Å². The van der Waals surface area contributed by atoms with Crippen LogP contribution in [0, 0.1) is 5.82 Å². The molecule has 12 heteroatoms. The summed E-state index contributed by atoms with van der Waals surface area (Å²) < 4.78 is 53.1. The molecule has 37 heavy (non-hydrogen) atoms. The van der Waals surface area contributed by atoms with E-state index >= 15 is 0 Å². The largest absolute Gasteiger partial charge is 0.403 e. The Balaban J connectivity index is 1.50. The average Bonchev–Trinajstić information content (AvgIpc) is 2.80. The van der Waals surface area contributed by atoms with Crippen LogP contribution in [0.4, 0.5) is 23.2 Å². The summed E-state index contributed by atoms with van der Waals surface area (Å²) in [7, 11) is 0. The lowest BCUT2D eigenvalue weighted by atomic mass is 9.93. The molecule has 0 saturated heterocycles. The number of amides is 1. The number of carbonyl (C=O) groups excluding carboxylic acids is 1. The van der Waals surface area contributed by atoms with Crippen LogP contribution in [0.15, 0.2) is 35.1 Å². The Morgan fingerprint density at radius 2 is 1.95 bits per heavy atom. The molecule has 0 radical (unpaired) electrons. The van der Waals surface area contributed by atoms with Gasteiger partial charge in [-0.1, -0.05) is 23.2 Å². The molecule has 3 aromatic rings. The van der Waals surface area contributed by atoms with Crippen LogP contribution in [-0.4, -0.2) is 41.1 Å². The number of aromatic nitrogens is 1. The molecule has 1 aliphatic rings. The summed E-state index contributed by atoms with van der Waals surface area (Å²) in [5, 5.41) is 6.44. The summed E-state index contributed by atoms with van der Waals surface area (Å²) in [4.78, 5) is 29.5. The number of alkyl halides is 3. The quantitative estimate of drug-likeness (QED) is 0.345. The van der Waals surface area contributed by atoms with Crippen molar-refractivity contribution in [3.8, 4) is 0 Å². The van der Waals surface area contributed by atoms with Gasteiger partial charge in [-0.05, 0) is 67.1 Å². The number of aromatic amines is 1. The fraction of sp³-hybridized carbons (Fsp3) is 0.360. The van der Waals surface area contributed by atoms with Crippen molar-refractivity contribution in [1.82, 2.24) is 15.2 Å². The molecule has 198 valence electrons. The van der Waals surface area contributed by atoms with Crippen molar-refractivity contribution in [2.75, 3.05) is 18.4 Å². The first kappa shape index (κ1) is 27.2. The third kappa shape index (κ3) is 5.86. The van der Waals surface area contributed by atoms with E-state index in [9.17, 15) is 27.2 Å². The predicted molar refractivity (Wildman–Crippen MR) is 136 cm³/mol. The second-order valence-electron chi connectivity index (χ2n) is 9.01. The number of H-pyrrole nitrogens is 1. The lowest BCUT2D eigenvalue weighted by Gasteiger charge is -2.36. The Kier molecular flexibility index (Phi) is 7.73. The van der Waals surface area contributed by atoms with Gasteiger partial charge in [-0.2, -0.15) is 13.2 Å². The van der Waals surface area contributed by atoms with E-state index in [0.717, 1.165) is 24.1 Å². The Labute approximate surface area is 219 Å². The first-order chi connectivity index (χ1) is 17.3. The first-order valence-electron chi connectivity index (χ1n) is 11.5. The van der Waals surface area contributed by atoms with Crippen molar-refractivity contribution in [2.45, 2.75) is 45.1 Å². The third-order valence-corrected chi connectivity index (χ3v) is 7.05.